The van der Waals surface area contributed by atoms with E-state index in [0.717, 1.165) is 19.3 Å². The topological polar surface area (TPSA) is 117 Å². The molecule has 0 unspecified atom stereocenters. The van der Waals surface area contributed by atoms with Crippen LogP contribution in [0.1, 0.15) is 52.6 Å². The minimum Gasteiger partial charge on any atom is -0.380 e. The second kappa shape index (κ2) is 7.85. The number of aromatic nitrogens is 4. The first-order valence-corrected chi connectivity index (χ1v) is 10.8. The fourth-order valence-electron chi connectivity index (χ4n) is 4.88. The van der Waals surface area contributed by atoms with Crippen molar-refractivity contribution >= 4 is 17.4 Å². The molecule has 3 aromatic rings. The Bertz CT molecular complexity index is 1310. The van der Waals surface area contributed by atoms with E-state index in [0.29, 0.717) is 46.0 Å². The van der Waals surface area contributed by atoms with Gasteiger partial charge >= 0.3 is 0 Å². The molecule has 2 bridgehead atoms. The second-order valence-corrected chi connectivity index (χ2v) is 8.50. The highest BCUT2D eigenvalue weighted by Gasteiger charge is 2.33. The molecule has 1 atom stereocenters. The van der Waals surface area contributed by atoms with Gasteiger partial charge in [-0.2, -0.15) is 10.4 Å². The van der Waals surface area contributed by atoms with Gasteiger partial charge in [-0.15, -0.1) is 10.2 Å². The molecule has 4 heterocycles. The summed E-state index contributed by atoms with van der Waals surface area (Å²) < 4.78 is 15.9. The molecule has 9 nitrogen and oxygen atoms in total. The van der Waals surface area contributed by atoms with Crippen molar-refractivity contribution in [1.82, 2.24) is 24.9 Å². The summed E-state index contributed by atoms with van der Waals surface area (Å²) in [6.45, 7) is 0.821. The van der Waals surface area contributed by atoms with Gasteiger partial charge < -0.3 is 15.5 Å². The third-order valence-electron chi connectivity index (χ3n) is 6.43. The molecule has 1 fully saturated rings. The molecule has 0 aliphatic carbocycles. The Morgan fingerprint density at radius 2 is 2.03 bits per heavy atom. The fraction of sp³-hybridized carbons (Fsp3) is 0.348. The van der Waals surface area contributed by atoms with Crippen molar-refractivity contribution in [1.29, 1.82) is 5.26 Å². The van der Waals surface area contributed by atoms with Gasteiger partial charge in [0, 0.05) is 26.2 Å². The number of hydrogen-bond donors (Lipinski definition) is 1. The molecular weight excluding hydrogens is 423 g/mol. The number of carbonyl (C=O) groups excluding carboxylic acids is 1. The van der Waals surface area contributed by atoms with E-state index >= 15 is 0 Å². The maximum atomic E-state index is 14.4. The molecule has 33 heavy (non-hydrogen) atoms. The highest BCUT2D eigenvalue weighted by molar-refractivity contribution is 5.96. The van der Waals surface area contributed by atoms with Crippen LogP contribution in [0, 0.1) is 17.1 Å². The van der Waals surface area contributed by atoms with Gasteiger partial charge in [-0.25, -0.2) is 4.39 Å². The molecule has 0 spiro atoms. The number of piperidine rings is 1. The molecule has 10 heteroatoms. The number of fused-ring (bicyclic) bond motifs is 8. The Kier molecular flexibility index (Phi) is 4.96. The summed E-state index contributed by atoms with van der Waals surface area (Å²) in [6, 6.07) is 8.06. The van der Waals surface area contributed by atoms with Gasteiger partial charge in [-0.3, -0.25) is 9.48 Å². The summed E-state index contributed by atoms with van der Waals surface area (Å²) in [6.07, 6.45) is 2.61. The van der Waals surface area contributed by atoms with E-state index < -0.39 is 5.82 Å². The molecule has 2 aliphatic heterocycles. The average Bonchev–Trinajstić information content (AvgIpc) is 3.12. The minimum absolute atomic E-state index is 0.149. The van der Waals surface area contributed by atoms with Crippen LogP contribution in [0.2, 0.25) is 0 Å². The summed E-state index contributed by atoms with van der Waals surface area (Å²) in [5, 5.41) is 22.7. The van der Waals surface area contributed by atoms with Crippen LogP contribution < -0.4 is 10.6 Å². The number of halogens is 1. The van der Waals surface area contributed by atoms with E-state index in [2.05, 4.69) is 26.3 Å². The molecule has 0 saturated carbocycles. The maximum Gasteiger partial charge on any atom is 0.254 e. The first-order valence-electron chi connectivity index (χ1n) is 10.8. The third kappa shape index (κ3) is 3.36. The molecule has 0 radical (unpaired) electrons. The monoisotopic (exact) mass is 446 g/mol. The smallest absolute Gasteiger partial charge is 0.254 e. The number of amides is 1. The zero-order valence-electron chi connectivity index (χ0n) is 18.4. The number of benzene rings is 1. The quantitative estimate of drug-likeness (QED) is 0.564. The van der Waals surface area contributed by atoms with Crippen LogP contribution in [0.3, 0.4) is 0 Å². The first-order chi connectivity index (χ1) is 15.9. The zero-order chi connectivity index (χ0) is 23.3. The lowest BCUT2D eigenvalue weighted by Crippen LogP contribution is -2.36. The van der Waals surface area contributed by atoms with E-state index in [-0.39, 0.29) is 24.3 Å². The van der Waals surface area contributed by atoms with E-state index in [1.165, 1.54) is 21.7 Å². The lowest BCUT2D eigenvalue weighted by molar-refractivity contribution is 0.0781. The van der Waals surface area contributed by atoms with E-state index in [1.807, 2.05) is 6.07 Å². The summed E-state index contributed by atoms with van der Waals surface area (Å²) in [7, 11) is 3.35. The molecule has 168 valence electrons. The number of nitrogens with two attached hydrogens (primary N) is 1. The number of nitrogen functional groups attached to an aromatic ring is 1. The van der Waals surface area contributed by atoms with Crippen molar-refractivity contribution in [2.75, 3.05) is 24.2 Å². The predicted molar refractivity (Wildman–Crippen MR) is 119 cm³/mol. The highest BCUT2D eigenvalue weighted by Crippen LogP contribution is 2.41. The standard InChI is InChI=1S/C23H23FN8O/c1-30-12-17-21(20(11-25)31(2)29-17)16-10-19(22(26)28-27-16)32-8-4-3-5-18(32)15-9-13(24)6-7-14(15)23(30)33/h6-7,9-10,18H,3-5,8,12H2,1-2H3,(H2,26,28)/t18-/m1/s1. The molecule has 1 amide bonds. The average molecular weight is 446 g/mol. The molecule has 2 aliphatic rings. The number of nitriles is 1. The highest BCUT2D eigenvalue weighted by atomic mass is 19.1. The molecular formula is C23H23FN8O. The fourth-order valence-corrected chi connectivity index (χ4v) is 4.88. The molecule has 5 rings (SSSR count). The lowest BCUT2D eigenvalue weighted by Gasteiger charge is -2.39. The second-order valence-electron chi connectivity index (χ2n) is 8.50. The summed E-state index contributed by atoms with van der Waals surface area (Å²) >= 11 is 0. The van der Waals surface area contributed by atoms with E-state index in [4.69, 9.17) is 5.73 Å². The Morgan fingerprint density at radius 1 is 1.21 bits per heavy atom. The molecule has 1 saturated heterocycles. The van der Waals surface area contributed by atoms with Crippen molar-refractivity contribution in [2.24, 2.45) is 7.05 Å². The van der Waals surface area contributed by atoms with Crippen LogP contribution in [-0.2, 0) is 13.6 Å². The first kappa shape index (κ1) is 20.9. The maximum absolute atomic E-state index is 14.4. The Balaban J connectivity index is 1.81. The van der Waals surface area contributed by atoms with E-state index in [1.54, 1.807) is 20.2 Å². The largest absolute Gasteiger partial charge is 0.380 e. The number of aryl methyl sites for hydroxylation is 1. The normalized spacial score (nSPS) is 17.9. The number of anilines is 2. The van der Waals surface area contributed by atoms with Crippen molar-refractivity contribution in [3.05, 3.63) is 52.6 Å². The summed E-state index contributed by atoms with van der Waals surface area (Å²) in [5.74, 6) is -0.393. The Morgan fingerprint density at radius 3 is 2.82 bits per heavy atom. The minimum atomic E-state index is -0.394. The van der Waals surface area contributed by atoms with Gasteiger partial charge in [0.25, 0.3) is 5.91 Å². The van der Waals surface area contributed by atoms with E-state index in [9.17, 15) is 14.4 Å². The number of carbonyl (C=O) groups is 1. The van der Waals surface area contributed by atoms with Gasteiger partial charge in [-0.1, -0.05) is 0 Å². The van der Waals surface area contributed by atoms with Gasteiger partial charge in [0.1, 0.15) is 23.3 Å². The summed E-state index contributed by atoms with van der Waals surface area (Å²) in [4.78, 5) is 17.1. The van der Waals surface area contributed by atoms with Crippen molar-refractivity contribution in [3.63, 3.8) is 0 Å². The van der Waals surface area contributed by atoms with Gasteiger partial charge in [0.2, 0.25) is 0 Å². The SMILES string of the molecule is CN1Cc2nn(C)c(C#N)c2-c2cc(c(N)nn2)N2CCCC[C@@H]2c2cc(F)ccc2C1=O. The summed E-state index contributed by atoms with van der Waals surface area (Å²) in [5.41, 5.74) is 9.83. The number of nitrogens with zero attached hydrogens (tertiary/aromatic N) is 7. The number of hydrogen-bond acceptors (Lipinski definition) is 7. The van der Waals surface area contributed by atoms with Gasteiger partial charge in [-0.05, 0) is 49.1 Å². The zero-order valence-corrected chi connectivity index (χ0v) is 18.4. The van der Waals surface area contributed by atoms with Crippen molar-refractivity contribution in [3.8, 4) is 17.3 Å². The molecule has 2 aromatic heterocycles. The van der Waals surface area contributed by atoms with Crippen LogP contribution in [0.5, 0.6) is 0 Å². The Labute approximate surface area is 190 Å². The van der Waals surface area contributed by atoms with Gasteiger partial charge in [0.05, 0.1) is 29.5 Å². The van der Waals surface area contributed by atoms with Crippen LogP contribution in [0.25, 0.3) is 11.3 Å². The number of rotatable bonds is 0. The lowest BCUT2D eigenvalue weighted by atomic mass is 9.90. The van der Waals surface area contributed by atoms with Gasteiger partial charge in [0.15, 0.2) is 5.82 Å². The molecule has 2 N–H and O–H groups in total. The molecule has 1 aromatic carbocycles. The Hall–Kier alpha value is -4.00. The van der Waals surface area contributed by atoms with Crippen LogP contribution in [0.15, 0.2) is 24.3 Å². The van der Waals surface area contributed by atoms with Crippen molar-refractivity contribution < 1.29 is 9.18 Å². The third-order valence-corrected chi connectivity index (χ3v) is 6.43. The predicted octanol–water partition coefficient (Wildman–Crippen LogP) is 2.79. The van der Waals surface area contributed by atoms with Crippen LogP contribution >= 0.6 is 0 Å². The van der Waals surface area contributed by atoms with Crippen LogP contribution in [-0.4, -0.2) is 44.4 Å². The van der Waals surface area contributed by atoms with Crippen molar-refractivity contribution in [2.45, 2.75) is 31.8 Å². The van der Waals surface area contributed by atoms with Crippen LogP contribution in [0.4, 0.5) is 15.9 Å².